The zero-order valence-corrected chi connectivity index (χ0v) is 12.8. The van der Waals surface area contributed by atoms with Gasteiger partial charge >= 0.3 is 0 Å². The van der Waals surface area contributed by atoms with Crippen molar-refractivity contribution in [2.45, 2.75) is 57.9 Å². The predicted octanol–water partition coefficient (Wildman–Crippen LogP) is 3.43. The van der Waals surface area contributed by atoms with Gasteiger partial charge in [0.25, 0.3) is 0 Å². The second-order valence-electron chi connectivity index (χ2n) is 6.03. The average molecular weight is 276 g/mol. The predicted molar refractivity (Wildman–Crippen MR) is 83.6 cm³/mol. The summed E-state index contributed by atoms with van der Waals surface area (Å²) in [5.41, 5.74) is 4.88. The molecule has 1 aromatic rings. The van der Waals surface area contributed by atoms with E-state index in [9.17, 15) is 0 Å². The Balaban J connectivity index is 1.95. The third-order valence-electron chi connectivity index (χ3n) is 5.12. The average Bonchev–Trinajstić information content (AvgIpc) is 2.98. The molecule has 0 heterocycles. The summed E-state index contributed by atoms with van der Waals surface area (Å²) in [6.07, 6.45) is 8.76. The van der Waals surface area contributed by atoms with Crippen LogP contribution in [0.2, 0.25) is 0 Å². The van der Waals surface area contributed by atoms with Crippen LogP contribution in [-0.2, 0) is 6.42 Å². The van der Waals surface area contributed by atoms with Gasteiger partial charge in [-0.05, 0) is 55.2 Å². The summed E-state index contributed by atoms with van der Waals surface area (Å²) in [7, 11) is 1.70. The minimum absolute atomic E-state index is 0.418. The first-order valence-electron chi connectivity index (χ1n) is 7.83. The Kier molecular flexibility index (Phi) is 5.44. The van der Waals surface area contributed by atoms with Crippen molar-refractivity contribution >= 4 is 0 Å². The summed E-state index contributed by atoms with van der Waals surface area (Å²) in [5, 5.41) is 0. The summed E-state index contributed by atoms with van der Waals surface area (Å²) in [6.45, 7) is 2.31. The van der Waals surface area contributed by atoms with Crippen LogP contribution < -0.4 is 16.0 Å². The maximum atomic E-state index is 5.85. The van der Waals surface area contributed by atoms with E-state index in [4.69, 9.17) is 10.6 Å². The third-order valence-corrected chi connectivity index (χ3v) is 5.12. The quantitative estimate of drug-likeness (QED) is 0.592. The Hall–Kier alpha value is -1.06. The molecule has 1 aliphatic rings. The highest BCUT2D eigenvalue weighted by molar-refractivity contribution is 5.27. The van der Waals surface area contributed by atoms with Crippen LogP contribution >= 0.6 is 0 Å². The number of rotatable bonds is 7. The SMILES string of the molecule is CCC1(C(CCc2ccc(OC)cc2)NN)CCCC1. The van der Waals surface area contributed by atoms with Crippen LogP contribution in [0.4, 0.5) is 0 Å². The number of nitrogens with two attached hydrogens (primary N) is 1. The molecule has 1 aromatic carbocycles. The van der Waals surface area contributed by atoms with Crippen molar-refractivity contribution in [2.24, 2.45) is 11.3 Å². The smallest absolute Gasteiger partial charge is 0.118 e. The van der Waals surface area contributed by atoms with Gasteiger partial charge in [-0.2, -0.15) is 0 Å². The number of methoxy groups -OCH3 is 1. The largest absolute Gasteiger partial charge is 0.497 e. The van der Waals surface area contributed by atoms with Gasteiger partial charge in [-0.25, -0.2) is 0 Å². The molecule has 20 heavy (non-hydrogen) atoms. The molecule has 0 aliphatic heterocycles. The molecule has 112 valence electrons. The van der Waals surface area contributed by atoms with Crippen molar-refractivity contribution in [1.82, 2.24) is 5.43 Å². The number of ether oxygens (including phenoxy) is 1. The van der Waals surface area contributed by atoms with Crippen molar-refractivity contribution in [3.05, 3.63) is 29.8 Å². The van der Waals surface area contributed by atoms with Crippen LogP contribution in [0.3, 0.4) is 0 Å². The van der Waals surface area contributed by atoms with Gasteiger partial charge in [0.1, 0.15) is 5.75 Å². The Morgan fingerprint density at radius 1 is 1.25 bits per heavy atom. The second kappa shape index (κ2) is 7.09. The topological polar surface area (TPSA) is 47.3 Å². The number of hydrazine groups is 1. The lowest BCUT2D eigenvalue weighted by Crippen LogP contribution is -2.47. The summed E-state index contributed by atoms with van der Waals surface area (Å²) >= 11 is 0. The zero-order chi connectivity index (χ0) is 14.4. The monoisotopic (exact) mass is 276 g/mol. The number of hydrogen-bond acceptors (Lipinski definition) is 3. The standard InChI is InChI=1S/C17H28N2O/c1-3-17(12-4-5-13-17)16(19-18)11-8-14-6-9-15(20-2)10-7-14/h6-7,9-10,16,19H,3-5,8,11-13,18H2,1-2H3. The van der Waals surface area contributed by atoms with E-state index < -0.39 is 0 Å². The van der Waals surface area contributed by atoms with Gasteiger partial charge in [0.15, 0.2) is 0 Å². The lowest BCUT2D eigenvalue weighted by molar-refractivity contribution is 0.177. The highest BCUT2D eigenvalue weighted by atomic mass is 16.5. The molecular formula is C17H28N2O. The van der Waals surface area contributed by atoms with Crippen LogP contribution in [0, 0.1) is 5.41 Å². The third kappa shape index (κ3) is 3.33. The summed E-state index contributed by atoms with van der Waals surface area (Å²) < 4.78 is 5.20. The molecule has 3 heteroatoms. The minimum Gasteiger partial charge on any atom is -0.497 e. The van der Waals surface area contributed by atoms with Crippen molar-refractivity contribution in [2.75, 3.05) is 7.11 Å². The fourth-order valence-electron chi connectivity index (χ4n) is 3.70. The van der Waals surface area contributed by atoms with E-state index in [-0.39, 0.29) is 0 Å². The fourth-order valence-corrected chi connectivity index (χ4v) is 3.70. The van der Waals surface area contributed by atoms with Gasteiger partial charge in [-0.15, -0.1) is 0 Å². The molecule has 0 radical (unpaired) electrons. The molecule has 1 unspecified atom stereocenters. The van der Waals surface area contributed by atoms with Crippen molar-refractivity contribution < 1.29 is 4.74 Å². The Morgan fingerprint density at radius 3 is 2.40 bits per heavy atom. The van der Waals surface area contributed by atoms with E-state index in [0.29, 0.717) is 11.5 Å². The van der Waals surface area contributed by atoms with Gasteiger partial charge in [0.05, 0.1) is 7.11 Å². The Labute approximate surface area is 122 Å². The molecular weight excluding hydrogens is 248 g/mol. The molecule has 1 saturated carbocycles. The fraction of sp³-hybridized carbons (Fsp3) is 0.647. The molecule has 0 saturated heterocycles. The maximum Gasteiger partial charge on any atom is 0.118 e. The molecule has 2 rings (SSSR count). The van der Waals surface area contributed by atoms with Crippen molar-refractivity contribution in [3.63, 3.8) is 0 Å². The number of nitrogens with one attached hydrogen (secondary N) is 1. The van der Waals surface area contributed by atoms with Crippen LogP contribution in [0.15, 0.2) is 24.3 Å². The summed E-state index contributed by atoms with van der Waals surface area (Å²) in [5.74, 6) is 6.77. The molecule has 3 nitrogen and oxygen atoms in total. The maximum absolute atomic E-state index is 5.85. The molecule has 1 atom stereocenters. The Bertz CT molecular complexity index is 396. The van der Waals surface area contributed by atoms with Gasteiger partial charge in [-0.3, -0.25) is 11.3 Å². The van der Waals surface area contributed by atoms with Crippen LogP contribution in [0.25, 0.3) is 0 Å². The normalized spacial score (nSPS) is 18.9. The number of hydrogen-bond donors (Lipinski definition) is 2. The Morgan fingerprint density at radius 2 is 1.90 bits per heavy atom. The van der Waals surface area contributed by atoms with Crippen LogP contribution in [0.1, 0.15) is 51.0 Å². The van der Waals surface area contributed by atoms with Crippen molar-refractivity contribution in [3.8, 4) is 5.75 Å². The number of aryl methyl sites for hydroxylation is 1. The first kappa shape index (κ1) is 15.3. The molecule has 3 N–H and O–H groups in total. The van der Waals surface area contributed by atoms with Crippen LogP contribution in [0.5, 0.6) is 5.75 Å². The van der Waals surface area contributed by atoms with E-state index in [0.717, 1.165) is 18.6 Å². The molecule has 0 bridgehead atoms. The van der Waals surface area contributed by atoms with E-state index >= 15 is 0 Å². The molecule has 0 aromatic heterocycles. The van der Waals surface area contributed by atoms with Gasteiger partial charge in [-0.1, -0.05) is 31.9 Å². The first-order valence-corrected chi connectivity index (χ1v) is 7.83. The van der Waals surface area contributed by atoms with Crippen LogP contribution in [-0.4, -0.2) is 13.2 Å². The summed E-state index contributed by atoms with van der Waals surface area (Å²) in [4.78, 5) is 0. The summed E-state index contributed by atoms with van der Waals surface area (Å²) in [6, 6.07) is 8.80. The number of benzene rings is 1. The molecule has 0 spiro atoms. The van der Waals surface area contributed by atoms with Gasteiger partial charge in [0.2, 0.25) is 0 Å². The van der Waals surface area contributed by atoms with E-state index in [2.05, 4.69) is 24.5 Å². The lowest BCUT2D eigenvalue weighted by atomic mass is 9.74. The van der Waals surface area contributed by atoms with E-state index in [1.165, 1.54) is 37.7 Å². The molecule has 1 aliphatic carbocycles. The highest BCUT2D eigenvalue weighted by Gasteiger charge is 2.38. The molecule has 0 amide bonds. The zero-order valence-electron chi connectivity index (χ0n) is 12.8. The van der Waals surface area contributed by atoms with E-state index in [1.54, 1.807) is 7.11 Å². The minimum atomic E-state index is 0.418. The molecule has 1 fully saturated rings. The lowest BCUT2D eigenvalue weighted by Gasteiger charge is -2.36. The van der Waals surface area contributed by atoms with Crippen molar-refractivity contribution in [1.29, 1.82) is 0 Å². The highest BCUT2D eigenvalue weighted by Crippen LogP contribution is 2.44. The van der Waals surface area contributed by atoms with Gasteiger partial charge in [0, 0.05) is 6.04 Å². The van der Waals surface area contributed by atoms with E-state index in [1.807, 2.05) is 12.1 Å². The van der Waals surface area contributed by atoms with Gasteiger partial charge < -0.3 is 4.74 Å². The second-order valence-corrected chi connectivity index (χ2v) is 6.03. The first-order chi connectivity index (χ1) is 9.74.